The standard InChI is InChI=1S/C21H18Cl2N4O6/c1-31-7-6-27-5-4-11-8-13(2-3-14(11)20(27)29)32-17-15(22)9-12(10-16(17)23)24-19(28)18-25-21(30)33-26-18/h2-3,8-10H,4-7H2,1H3,(H,24,28)(H,25,26,30). The number of rotatable bonds is 7. The number of anilines is 1. The number of H-pyrrole nitrogens is 1. The second kappa shape index (κ2) is 9.65. The molecule has 1 aliphatic heterocycles. The third-order valence-electron chi connectivity index (χ3n) is 4.94. The van der Waals surface area contributed by atoms with Gasteiger partial charge in [-0.05, 0) is 47.5 Å². The summed E-state index contributed by atoms with van der Waals surface area (Å²) in [6, 6.07) is 8.04. The van der Waals surface area contributed by atoms with Crippen molar-refractivity contribution in [2.45, 2.75) is 6.42 Å². The first-order chi connectivity index (χ1) is 15.9. The van der Waals surface area contributed by atoms with Crippen molar-refractivity contribution in [3.05, 3.63) is 67.9 Å². The van der Waals surface area contributed by atoms with E-state index in [2.05, 4.69) is 20.0 Å². The minimum atomic E-state index is -0.852. The summed E-state index contributed by atoms with van der Waals surface area (Å²) in [7, 11) is 1.60. The molecule has 10 nitrogen and oxygen atoms in total. The minimum absolute atomic E-state index is 0.0514. The number of hydrogen-bond acceptors (Lipinski definition) is 7. The largest absolute Gasteiger partial charge is 0.454 e. The number of fused-ring (bicyclic) bond motifs is 1. The van der Waals surface area contributed by atoms with Crippen LogP contribution in [0.5, 0.6) is 11.5 Å². The van der Waals surface area contributed by atoms with E-state index in [9.17, 15) is 14.4 Å². The molecule has 172 valence electrons. The fourth-order valence-corrected chi connectivity index (χ4v) is 3.92. The van der Waals surface area contributed by atoms with Gasteiger partial charge in [-0.15, -0.1) is 0 Å². The molecule has 12 heteroatoms. The lowest BCUT2D eigenvalue weighted by Gasteiger charge is -2.28. The van der Waals surface area contributed by atoms with Gasteiger partial charge in [-0.3, -0.25) is 19.1 Å². The average Bonchev–Trinajstić information content (AvgIpc) is 3.22. The van der Waals surface area contributed by atoms with E-state index in [-0.39, 0.29) is 33.2 Å². The third-order valence-corrected chi connectivity index (χ3v) is 5.50. The normalized spacial score (nSPS) is 13.1. The van der Waals surface area contributed by atoms with Crippen LogP contribution >= 0.6 is 23.2 Å². The maximum Gasteiger partial charge on any atom is 0.439 e. The number of carbonyl (C=O) groups excluding carboxylic acids is 2. The van der Waals surface area contributed by atoms with Crippen LogP contribution in [0.3, 0.4) is 0 Å². The molecule has 33 heavy (non-hydrogen) atoms. The molecule has 3 aromatic rings. The van der Waals surface area contributed by atoms with Gasteiger partial charge in [-0.2, -0.15) is 0 Å². The first-order valence-corrected chi connectivity index (χ1v) is 10.6. The van der Waals surface area contributed by atoms with Gasteiger partial charge in [0.25, 0.3) is 11.8 Å². The van der Waals surface area contributed by atoms with Crippen LogP contribution in [-0.2, 0) is 11.2 Å². The highest BCUT2D eigenvalue weighted by atomic mass is 35.5. The number of aromatic nitrogens is 2. The van der Waals surface area contributed by atoms with Gasteiger partial charge >= 0.3 is 5.76 Å². The SMILES string of the molecule is COCCN1CCc2cc(Oc3c(Cl)cc(NC(=O)c4noc(=O)[nH]4)cc3Cl)ccc2C1=O. The van der Waals surface area contributed by atoms with Gasteiger partial charge in [0, 0.05) is 31.5 Å². The van der Waals surface area contributed by atoms with Crippen molar-refractivity contribution in [3.8, 4) is 11.5 Å². The zero-order chi connectivity index (χ0) is 23.5. The number of methoxy groups -OCH3 is 1. The minimum Gasteiger partial charge on any atom is -0.454 e. The van der Waals surface area contributed by atoms with Crippen molar-refractivity contribution in [2.75, 3.05) is 32.1 Å². The van der Waals surface area contributed by atoms with E-state index in [0.29, 0.717) is 37.4 Å². The molecule has 0 spiro atoms. The van der Waals surface area contributed by atoms with E-state index in [4.69, 9.17) is 32.7 Å². The molecule has 2 heterocycles. The van der Waals surface area contributed by atoms with E-state index < -0.39 is 11.7 Å². The Kier molecular flexibility index (Phi) is 6.68. The predicted octanol–water partition coefficient (Wildman–Crippen LogP) is 3.36. The molecule has 0 bridgehead atoms. The Morgan fingerprint density at radius 1 is 1.24 bits per heavy atom. The van der Waals surface area contributed by atoms with Crippen LogP contribution in [0.2, 0.25) is 10.0 Å². The number of ether oxygens (including phenoxy) is 2. The molecule has 4 rings (SSSR count). The van der Waals surface area contributed by atoms with Crippen LogP contribution in [-0.4, -0.2) is 53.7 Å². The van der Waals surface area contributed by atoms with Gasteiger partial charge < -0.3 is 19.7 Å². The fourth-order valence-electron chi connectivity index (χ4n) is 3.36. The number of amides is 2. The molecule has 0 unspecified atom stereocenters. The van der Waals surface area contributed by atoms with Crippen LogP contribution in [0.15, 0.2) is 39.6 Å². The van der Waals surface area contributed by atoms with E-state index in [0.717, 1.165) is 5.56 Å². The van der Waals surface area contributed by atoms with Crippen LogP contribution < -0.4 is 15.8 Å². The van der Waals surface area contributed by atoms with Crippen molar-refractivity contribution in [1.82, 2.24) is 15.0 Å². The van der Waals surface area contributed by atoms with Gasteiger partial charge in [0.05, 0.1) is 16.7 Å². The number of carbonyl (C=O) groups is 2. The molecule has 2 N–H and O–H groups in total. The van der Waals surface area contributed by atoms with Crippen molar-refractivity contribution < 1.29 is 23.6 Å². The smallest absolute Gasteiger partial charge is 0.439 e. The lowest BCUT2D eigenvalue weighted by atomic mass is 9.98. The lowest BCUT2D eigenvalue weighted by molar-refractivity contribution is 0.0678. The van der Waals surface area contributed by atoms with Gasteiger partial charge in [-0.1, -0.05) is 23.2 Å². The molecule has 0 atom stereocenters. The molecular formula is C21H18Cl2N4O6. The molecule has 2 amide bonds. The molecule has 1 aromatic heterocycles. The highest BCUT2D eigenvalue weighted by Crippen LogP contribution is 2.39. The lowest BCUT2D eigenvalue weighted by Crippen LogP contribution is -2.39. The quantitative estimate of drug-likeness (QED) is 0.517. The van der Waals surface area contributed by atoms with Gasteiger partial charge in [-0.25, -0.2) is 4.79 Å². The molecule has 2 aromatic carbocycles. The molecule has 0 aliphatic carbocycles. The Labute approximate surface area is 197 Å². The summed E-state index contributed by atoms with van der Waals surface area (Å²) >= 11 is 12.7. The number of hydrogen-bond donors (Lipinski definition) is 2. The first kappa shape index (κ1) is 22.8. The van der Waals surface area contributed by atoms with Crippen LogP contribution in [0.4, 0.5) is 5.69 Å². The molecule has 0 saturated heterocycles. The summed E-state index contributed by atoms with van der Waals surface area (Å²) in [4.78, 5) is 39.6. The number of benzene rings is 2. The Bertz CT molecular complexity index is 1250. The topological polar surface area (TPSA) is 127 Å². The summed E-state index contributed by atoms with van der Waals surface area (Å²) in [6.45, 7) is 1.60. The highest BCUT2D eigenvalue weighted by Gasteiger charge is 2.24. The summed E-state index contributed by atoms with van der Waals surface area (Å²) in [6.07, 6.45) is 0.679. The second-order valence-electron chi connectivity index (χ2n) is 7.12. The zero-order valence-corrected chi connectivity index (χ0v) is 18.8. The number of nitrogens with one attached hydrogen (secondary N) is 2. The third kappa shape index (κ3) is 5.03. The van der Waals surface area contributed by atoms with Crippen molar-refractivity contribution in [1.29, 1.82) is 0 Å². The highest BCUT2D eigenvalue weighted by molar-refractivity contribution is 6.37. The summed E-state index contributed by atoms with van der Waals surface area (Å²) in [5.74, 6) is -1.25. The van der Waals surface area contributed by atoms with Gasteiger partial charge in [0.15, 0.2) is 5.75 Å². The molecule has 0 fully saturated rings. The summed E-state index contributed by atoms with van der Waals surface area (Å²) in [5, 5.41) is 6.10. The van der Waals surface area contributed by atoms with E-state index in [1.807, 2.05) is 0 Å². The van der Waals surface area contributed by atoms with Gasteiger partial charge in [0.1, 0.15) is 5.75 Å². The van der Waals surface area contributed by atoms with Crippen LogP contribution in [0.1, 0.15) is 26.5 Å². The fraction of sp³-hybridized carbons (Fsp3) is 0.238. The van der Waals surface area contributed by atoms with E-state index in [1.54, 1.807) is 30.2 Å². The molecule has 0 saturated carbocycles. The van der Waals surface area contributed by atoms with Crippen molar-refractivity contribution in [2.24, 2.45) is 0 Å². The Morgan fingerprint density at radius 3 is 2.67 bits per heavy atom. The predicted molar refractivity (Wildman–Crippen MR) is 120 cm³/mol. The van der Waals surface area contributed by atoms with Crippen molar-refractivity contribution in [3.63, 3.8) is 0 Å². The number of aromatic amines is 1. The second-order valence-corrected chi connectivity index (χ2v) is 7.94. The zero-order valence-electron chi connectivity index (χ0n) is 17.3. The Hall–Kier alpha value is -3.34. The maximum absolute atomic E-state index is 12.7. The van der Waals surface area contributed by atoms with Crippen molar-refractivity contribution >= 4 is 40.7 Å². The Morgan fingerprint density at radius 2 is 2.00 bits per heavy atom. The van der Waals surface area contributed by atoms with Crippen LogP contribution in [0.25, 0.3) is 0 Å². The molecular weight excluding hydrogens is 475 g/mol. The van der Waals surface area contributed by atoms with E-state index in [1.165, 1.54) is 12.1 Å². The summed E-state index contributed by atoms with van der Waals surface area (Å²) in [5.41, 5.74) is 1.74. The Balaban J connectivity index is 1.50. The molecule has 1 aliphatic rings. The monoisotopic (exact) mass is 492 g/mol. The van der Waals surface area contributed by atoms with E-state index >= 15 is 0 Å². The average molecular weight is 493 g/mol. The molecule has 0 radical (unpaired) electrons. The maximum atomic E-state index is 12.7. The number of halogens is 2. The number of nitrogens with zero attached hydrogens (tertiary/aromatic N) is 2. The first-order valence-electron chi connectivity index (χ1n) is 9.81. The summed E-state index contributed by atoms with van der Waals surface area (Å²) < 4.78 is 15.2. The van der Waals surface area contributed by atoms with Crippen LogP contribution in [0, 0.1) is 0 Å². The van der Waals surface area contributed by atoms with Gasteiger partial charge in [0.2, 0.25) is 5.82 Å².